The summed E-state index contributed by atoms with van der Waals surface area (Å²) in [5, 5.41) is 8.88. The van der Waals surface area contributed by atoms with Crippen molar-refractivity contribution >= 4 is 26.0 Å². The summed E-state index contributed by atoms with van der Waals surface area (Å²) in [6, 6.07) is 3.66. The number of halogens is 2. The van der Waals surface area contributed by atoms with Gasteiger partial charge in [-0.25, -0.2) is 12.8 Å². The van der Waals surface area contributed by atoms with E-state index < -0.39 is 15.8 Å². The van der Waals surface area contributed by atoms with Gasteiger partial charge in [0.2, 0.25) is 10.0 Å². The van der Waals surface area contributed by atoms with Gasteiger partial charge in [-0.15, -0.1) is 0 Å². The highest BCUT2D eigenvalue weighted by Gasteiger charge is 2.24. The van der Waals surface area contributed by atoms with Crippen LogP contribution in [-0.4, -0.2) is 37.5 Å². The van der Waals surface area contributed by atoms with Gasteiger partial charge in [-0.05, 0) is 40.5 Å². The molecule has 0 aliphatic carbocycles. The summed E-state index contributed by atoms with van der Waals surface area (Å²) in [5.74, 6) is -0.628. The van der Waals surface area contributed by atoms with Crippen LogP contribution in [-0.2, 0) is 10.0 Å². The minimum atomic E-state index is -3.75. The fourth-order valence-corrected chi connectivity index (χ4v) is 3.28. The number of nitrogens with zero attached hydrogens (tertiary/aromatic N) is 1. The monoisotopic (exact) mass is 339 g/mol. The Morgan fingerprint density at radius 2 is 2.06 bits per heavy atom. The molecule has 4 nitrogen and oxygen atoms in total. The number of aliphatic hydroxyl groups is 1. The second-order valence-electron chi connectivity index (χ2n) is 3.70. The molecule has 7 heteroatoms. The molecule has 1 rings (SSSR count). The van der Waals surface area contributed by atoms with Crippen molar-refractivity contribution in [2.24, 2.45) is 0 Å². The largest absolute Gasteiger partial charge is 0.395 e. The Kier molecular flexibility index (Phi) is 5.71. The summed E-state index contributed by atoms with van der Waals surface area (Å²) < 4.78 is 39.1. The first-order valence-corrected chi connectivity index (χ1v) is 7.72. The van der Waals surface area contributed by atoms with Crippen molar-refractivity contribution in [1.29, 1.82) is 0 Å². The Morgan fingerprint density at radius 3 is 2.56 bits per heavy atom. The molecule has 1 aromatic rings. The molecule has 0 bridgehead atoms. The molecular formula is C11H15BrFNO3S. The van der Waals surface area contributed by atoms with Crippen molar-refractivity contribution in [1.82, 2.24) is 4.31 Å². The van der Waals surface area contributed by atoms with Crippen LogP contribution in [0.5, 0.6) is 0 Å². The first-order valence-electron chi connectivity index (χ1n) is 5.49. The van der Waals surface area contributed by atoms with Crippen molar-refractivity contribution in [3.05, 3.63) is 28.5 Å². The highest BCUT2D eigenvalue weighted by molar-refractivity contribution is 9.10. The lowest BCUT2D eigenvalue weighted by Crippen LogP contribution is -2.34. The Bertz CT molecular complexity index is 501. The van der Waals surface area contributed by atoms with Gasteiger partial charge in [0, 0.05) is 13.1 Å². The van der Waals surface area contributed by atoms with Crippen molar-refractivity contribution in [2.75, 3.05) is 19.7 Å². The van der Waals surface area contributed by atoms with E-state index in [1.807, 2.05) is 6.92 Å². The number of benzene rings is 1. The predicted octanol–water partition coefficient (Wildman–Crippen LogP) is 1.98. The molecule has 0 radical (unpaired) electrons. The zero-order chi connectivity index (χ0) is 13.8. The summed E-state index contributed by atoms with van der Waals surface area (Å²) in [4.78, 5) is -0.106. The lowest BCUT2D eigenvalue weighted by Gasteiger charge is -2.20. The molecule has 0 heterocycles. The Balaban J connectivity index is 3.13. The lowest BCUT2D eigenvalue weighted by molar-refractivity contribution is 0.253. The summed E-state index contributed by atoms with van der Waals surface area (Å²) in [7, 11) is -3.75. The third-order valence-electron chi connectivity index (χ3n) is 2.35. The first-order chi connectivity index (χ1) is 8.43. The Hall–Kier alpha value is -0.500. The van der Waals surface area contributed by atoms with Gasteiger partial charge in [-0.1, -0.05) is 6.92 Å². The quantitative estimate of drug-likeness (QED) is 0.862. The molecule has 1 aromatic carbocycles. The third kappa shape index (κ3) is 3.50. The topological polar surface area (TPSA) is 57.6 Å². The molecule has 0 atom stereocenters. The zero-order valence-electron chi connectivity index (χ0n) is 9.94. The molecule has 0 aliphatic rings. The van der Waals surface area contributed by atoms with Gasteiger partial charge in [0.15, 0.2) is 0 Å². The molecule has 0 unspecified atom stereocenters. The van der Waals surface area contributed by atoms with Gasteiger partial charge < -0.3 is 5.11 Å². The minimum absolute atomic E-state index is 0.00779. The maximum Gasteiger partial charge on any atom is 0.243 e. The van der Waals surface area contributed by atoms with Gasteiger partial charge >= 0.3 is 0 Å². The maximum absolute atomic E-state index is 13.4. The number of rotatable bonds is 6. The maximum atomic E-state index is 13.4. The molecule has 0 spiro atoms. The molecule has 0 aliphatic heterocycles. The molecular weight excluding hydrogens is 325 g/mol. The average molecular weight is 340 g/mol. The summed E-state index contributed by atoms with van der Waals surface area (Å²) in [6.45, 7) is 1.87. The van der Waals surface area contributed by atoms with Gasteiger partial charge in [0.1, 0.15) is 5.82 Å². The second kappa shape index (κ2) is 6.60. The number of hydrogen-bond donors (Lipinski definition) is 1. The summed E-state index contributed by atoms with van der Waals surface area (Å²) in [6.07, 6.45) is 0.623. The predicted molar refractivity (Wildman–Crippen MR) is 70.2 cm³/mol. The fraction of sp³-hybridized carbons (Fsp3) is 0.455. The molecule has 0 saturated heterocycles. The molecule has 102 valence electrons. The first kappa shape index (κ1) is 15.6. The van der Waals surface area contributed by atoms with Crippen molar-refractivity contribution in [2.45, 2.75) is 18.2 Å². The van der Waals surface area contributed by atoms with Crippen molar-refractivity contribution in [3.8, 4) is 0 Å². The van der Waals surface area contributed by atoms with E-state index in [2.05, 4.69) is 15.9 Å². The molecule has 0 saturated carbocycles. The highest BCUT2D eigenvalue weighted by atomic mass is 79.9. The van der Waals surface area contributed by atoms with E-state index in [4.69, 9.17) is 5.11 Å². The van der Waals surface area contributed by atoms with Crippen LogP contribution in [0.15, 0.2) is 27.6 Å². The second-order valence-corrected chi connectivity index (χ2v) is 6.50. The zero-order valence-corrected chi connectivity index (χ0v) is 12.3. The Morgan fingerprint density at radius 1 is 1.39 bits per heavy atom. The van der Waals surface area contributed by atoms with Crippen molar-refractivity contribution in [3.63, 3.8) is 0 Å². The average Bonchev–Trinajstić information content (AvgIpc) is 2.32. The van der Waals surface area contributed by atoms with Crippen LogP contribution in [0.2, 0.25) is 0 Å². The molecule has 18 heavy (non-hydrogen) atoms. The smallest absolute Gasteiger partial charge is 0.243 e. The fourth-order valence-electron chi connectivity index (χ4n) is 1.50. The number of aliphatic hydroxyl groups excluding tert-OH is 1. The van der Waals surface area contributed by atoms with Crippen LogP contribution in [0.3, 0.4) is 0 Å². The summed E-state index contributed by atoms with van der Waals surface area (Å²) in [5.41, 5.74) is 0. The van der Waals surface area contributed by atoms with E-state index in [1.165, 1.54) is 12.1 Å². The third-order valence-corrected chi connectivity index (χ3v) is 4.89. The standard InChI is InChI=1S/C11H15BrFNO3S/c1-2-5-14(6-7-15)18(16,17)9-3-4-10(12)11(13)8-9/h3-4,8,15H,2,5-7H2,1H3. The number of sulfonamides is 1. The van der Waals surface area contributed by atoms with Crippen LogP contribution in [0.4, 0.5) is 4.39 Å². The van der Waals surface area contributed by atoms with Gasteiger partial charge in [-0.3, -0.25) is 0 Å². The summed E-state index contributed by atoms with van der Waals surface area (Å²) >= 11 is 2.97. The van der Waals surface area contributed by atoms with Crippen molar-refractivity contribution < 1.29 is 17.9 Å². The van der Waals surface area contributed by atoms with Crippen LogP contribution in [0.1, 0.15) is 13.3 Å². The van der Waals surface area contributed by atoms with Crippen LogP contribution >= 0.6 is 15.9 Å². The van der Waals surface area contributed by atoms with Gasteiger partial charge in [0.25, 0.3) is 0 Å². The lowest BCUT2D eigenvalue weighted by atomic mass is 10.3. The van der Waals surface area contributed by atoms with E-state index >= 15 is 0 Å². The van der Waals surface area contributed by atoms with E-state index in [1.54, 1.807) is 0 Å². The SMILES string of the molecule is CCCN(CCO)S(=O)(=O)c1ccc(Br)c(F)c1. The molecule has 0 amide bonds. The minimum Gasteiger partial charge on any atom is -0.395 e. The van der Waals surface area contributed by atoms with Crippen LogP contribution in [0, 0.1) is 5.82 Å². The van der Waals surface area contributed by atoms with E-state index in [-0.39, 0.29) is 22.5 Å². The molecule has 0 aromatic heterocycles. The van der Waals surface area contributed by atoms with E-state index in [0.717, 1.165) is 10.4 Å². The van der Waals surface area contributed by atoms with E-state index in [9.17, 15) is 12.8 Å². The highest BCUT2D eigenvalue weighted by Crippen LogP contribution is 2.22. The van der Waals surface area contributed by atoms with Crippen LogP contribution in [0.25, 0.3) is 0 Å². The number of hydrogen-bond acceptors (Lipinski definition) is 3. The molecule has 1 N–H and O–H groups in total. The molecule has 0 fully saturated rings. The van der Waals surface area contributed by atoms with Crippen LogP contribution < -0.4 is 0 Å². The normalized spacial score (nSPS) is 12.1. The van der Waals surface area contributed by atoms with E-state index in [0.29, 0.717) is 13.0 Å². The Labute approximate surface area is 115 Å². The van der Waals surface area contributed by atoms with Gasteiger partial charge in [-0.2, -0.15) is 4.31 Å². The van der Waals surface area contributed by atoms with Gasteiger partial charge in [0.05, 0.1) is 16.0 Å².